The number of hydrogen-bond acceptors (Lipinski definition) is 1. The molecule has 0 aliphatic heterocycles. The van der Waals surface area contributed by atoms with Crippen LogP contribution in [0.15, 0.2) is 182 Å². The summed E-state index contributed by atoms with van der Waals surface area (Å²) in [6.45, 7) is 4.77. The molecule has 0 N–H and O–H groups in total. The molecule has 0 atom stereocenters. The summed E-state index contributed by atoms with van der Waals surface area (Å²) < 4.78 is 0. The van der Waals surface area contributed by atoms with Crippen LogP contribution >= 0.6 is 0 Å². The number of nitrogens with zero attached hydrogens (tertiary/aromatic N) is 1. The molecule has 0 amide bonds. The van der Waals surface area contributed by atoms with Gasteiger partial charge >= 0.3 is 0 Å². The molecule has 1 heteroatoms. The highest BCUT2D eigenvalue weighted by atomic mass is 15.1. The van der Waals surface area contributed by atoms with Crippen LogP contribution in [0.1, 0.15) is 68.6 Å². The Kier molecular flexibility index (Phi) is 8.33. The molecule has 58 heavy (non-hydrogen) atoms. The highest BCUT2D eigenvalue weighted by Gasteiger charge is 2.36. The first kappa shape index (κ1) is 34.8. The molecule has 0 aromatic heterocycles. The van der Waals surface area contributed by atoms with E-state index in [1.165, 1.54) is 120 Å². The van der Waals surface area contributed by atoms with Gasteiger partial charge in [0, 0.05) is 22.2 Å². The SMILES string of the molecule is CC1(C)c2ccccc2-c2ccc(N(c3ccccc3-c3cccc4c3ccc3ccccc34)c3ccccc3-c3cccc4cccc(C5CCCCC5)c34)cc21. The lowest BCUT2D eigenvalue weighted by Gasteiger charge is -2.32. The quantitative estimate of drug-likeness (QED) is 0.153. The maximum absolute atomic E-state index is 2.56. The van der Waals surface area contributed by atoms with Gasteiger partial charge in [0.25, 0.3) is 0 Å². The molecule has 9 aromatic carbocycles. The molecular formula is C57H47N. The first-order valence-electron chi connectivity index (χ1n) is 21.2. The lowest BCUT2D eigenvalue weighted by molar-refractivity contribution is 0.445. The normalized spacial score (nSPS) is 14.8. The van der Waals surface area contributed by atoms with Crippen molar-refractivity contribution in [2.45, 2.75) is 57.3 Å². The van der Waals surface area contributed by atoms with Crippen molar-refractivity contribution < 1.29 is 0 Å². The van der Waals surface area contributed by atoms with E-state index in [1.54, 1.807) is 0 Å². The van der Waals surface area contributed by atoms with Crippen LogP contribution in [0.4, 0.5) is 17.1 Å². The van der Waals surface area contributed by atoms with E-state index in [2.05, 4.69) is 201 Å². The van der Waals surface area contributed by atoms with Crippen molar-refractivity contribution in [3.63, 3.8) is 0 Å². The van der Waals surface area contributed by atoms with Gasteiger partial charge in [0.15, 0.2) is 0 Å². The molecule has 280 valence electrons. The van der Waals surface area contributed by atoms with E-state index in [4.69, 9.17) is 0 Å². The Morgan fingerprint density at radius 3 is 1.81 bits per heavy atom. The van der Waals surface area contributed by atoms with Crippen molar-refractivity contribution >= 4 is 49.4 Å². The van der Waals surface area contributed by atoms with E-state index in [9.17, 15) is 0 Å². The van der Waals surface area contributed by atoms with Gasteiger partial charge in [-0.05, 0) is 114 Å². The van der Waals surface area contributed by atoms with Crippen molar-refractivity contribution in [3.05, 3.63) is 199 Å². The number of para-hydroxylation sites is 2. The van der Waals surface area contributed by atoms with Crippen molar-refractivity contribution in [2.75, 3.05) is 4.90 Å². The minimum absolute atomic E-state index is 0.131. The van der Waals surface area contributed by atoms with Crippen LogP contribution in [0, 0.1) is 0 Å². The third kappa shape index (κ3) is 5.52. The zero-order valence-corrected chi connectivity index (χ0v) is 33.4. The number of hydrogen-bond donors (Lipinski definition) is 0. The topological polar surface area (TPSA) is 3.24 Å². The Labute approximate surface area is 342 Å². The van der Waals surface area contributed by atoms with E-state index < -0.39 is 0 Å². The van der Waals surface area contributed by atoms with Gasteiger partial charge in [-0.25, -0.2) is 0 Å². The molecule has 0 bridgehead atoms. The average molecular weight is 746 g/mol. The van der Waals surface area contributed by atoms with Gasteiger partial charge in [-0.3, -0.25) is 0 Å². The third-order valence-electron chi connectivity index (χ3n) is 13.5. The van der Waals surface area contributed by atoms with Crippen LogP contribution < -0.4 is 4.90 Å². The monoisotopic (exact) mass is 745 g/mol. The fourth-order valence-electron chi connectivity index (χ4n) is 10.7. The molecule has 2 aliphatic carbocycles. The largest absolute Gasteiger partial charge is 0.309 e. The second kappa shape index (κ2) is 13.9. The van der Waals surface area contributed by atoms with Crippen molar-refractivity contribution in [1.82, 2.24) is 0 Å². The van der Waals surface area contributed by atoms with Gasteiger partial charge in [-0.15, -0.1) is 0 Å². The number of rotatable bonds is 6. The van der Waals surface area contributed by atoms with Gasteiger partial charge in [-0.1, -0.05) is 191 Å². The van der Waals surface area contributed by atoms with E-state index in [1.807, 2.05) is 0 Å². The van der Waals surface area contributed by atoms with Crippen LogP contribution in [0.3, 0.4) is 0 Å². The summed E-state index contributed by atoms with van der Waals surface area (Å²) in [6.07, 6.45) is 6.51. The molecule has 0 saturated heterocycles. The number of benzene rings is 9. The standard InChI is InChI=1S/C57H47N/c1-57(2)52-30-11-8-23-47(52)48-36-34-41(37-53(48)57)58(54-31-12-9-24-49(54)45-28-16-27-44-42-22-7-6-19-39(42)33-35-46(44)45)55-32-13-10-25-50(55)51-29-15-21-40-20-14-26-43(56(40)51)38-17-4-3-5-18-38/h6-16,19-38H,3-5,17-18H2,1-2H3. The van der Waals surface area contributed by atoms with E-state index in [0.717, 1.165) is 11.4 Å². The molecule has 0 heterocycles. The first-order valence-corrected chi connectivity index (χ1v) is 21.2. The lowest BCUT2D eigenvalue weighted by atomic mass is 9.80. The molecule has 9 aromatic rings. The van der Waals surface area contributed by atoms with E-state index in [-0.39, 0.29) is 5.41 Å². The highest BCUT2D eigenvalue weighted by molar-refractivity contribution is 6.13. The van der Waals surface area contributed by atoms with Gasteiger partial charge in [0.1, 0.15) is 0 Å². The van der Waals surface area contributed by atoms with Crippen LogP contribution in [0.5, 0.6) is 0 Å². The maximum atomic E-state index is 2.56. The summed E-state index contributed by atoms with van der Waals surface area (Å²) >= 11 is 0. The third-order valence-corrected chi connectivity index (χ3v) is 13.5. The van der Waals surface area contributed by atoms with E-state index >= 15 is 0 Å². The summed E-state index contributed by atoms with van der Waals surface area (Å²) in [5.74, 6) is 0.589. The predicted octanol–water partition coefficient (Wildman–Crippen LogP) is 16.3. The molecule has 2 aliphatic rings. The van der Waals surface area contributed by atoms with Crippen molar-refractivity contribution in [2.24, 2.45) is 0 Å². The first-order chi connectivity index (χ1) is 28.6. The van der Waals surface area contributed by atoms with Crippen LogP contribution in [-0.4, -0.2) is 0 Å². The summed E-state index contributed by atoms with van der Waals surface area (Å²) in [7, 11) is 0. The molecule has 0 spiro atoms. The van der Waals surface area contributed by atoms with Crippen LogP contribution in [-0.2, 0) is 5.41 Å². The van der Waals surface area contributed by atoms with Gasteiger partial charge in [-0.2, -0.15) is 0 Å². The minimum Gasteiger partial charge on any atom is -0.309 e. The van der Waals surface area contributed by atoms with Gasteiger partial charge in [0.2, 0.25) is 0 Å². The number of anilines is 3. The van der Waals surface area contributed by atoms with Gasteiger partial charge in [0.05, 0.1) is 11.4 Å². The Hall–Kier alpha value is -6.44. The fourth-order valence-corrected chi connectivity index (χ4v) is 10.7. The van der Waals surface area contributed by atoms with Crippen LogP contribution in [0.2, 0.25) is 0 Å². The zero-order chi connectivity index (χ0) is 38.8. The smallest absolute Gasteiger partial charge is 0.0540 e. The molecule has 1 nitrogen and oxygen atoms in total. The summed E-state index contributed by atoms with van der Waals surface area (Å²) in [6, 6.07) is 68.5. The lowest BCUT2D eigenvalue weighted by Crippen LogP contribution is -2.17. The number of fused-ring (bicyclic) bond motifs is 7. The molecular weight excluding hydrogens is 699 g/mol. The zero-order valence-electron chi connectivity index (χ0n) is 33.4. The average Bonchev–Trinajstić information content (AvgIpc) is 3.51. The van der Waals surface area contributed by atoms with Crippen molar-refractivity contribution in [1.29, 1.82) is 0 Å². The molecule has 11 rings (SSSR count). The minimum atomic E-state index is -0.131. The molecule has 1 saturated carbocycles. The second-order valence-electron chi connectivity index (χ2n) is 17.0. The predicted molar refractivity (Wildman–Crippen MR) is 248 cm³/mol. The summed E-state index contributed by atoms with van der Waals surface area (Å²) in [5.41, 5.74) is 15.3. The second-order valence-corrected chi connectivity index (χ2v) is 17.0. The molecule has 0 unspecified atom stereocenters. The fraction of sp³-hybridized carbons (Fsp3) is 0.158. The highest BCUT2D eigenvalue weighted by Crippen LogP contribution is 2.53. The summed E-state index contributed by atoms with van der Waals surface area (Å²) in [4.78, 5) is 2.56. The van der Waals surface area contributed by atoms with Crippen LogP contribution in [0.25, 0.3) is 65.7 Å². The summed E-state index contributed by atoms with van der Waals surface area (Å²) in [5, 5.41) is 7.82. The van der Waals surface area contributed by atoms with Gasteiger partial charge < -0.3 is 4.90 Å². The Morgan fingerprint density at radius 2 is 1.00 bits per heavy atom. The van der Waals surface area contributed by atoms with E-state index in [0.29, 0.717) is 5.92 Å². The molecule has 1 fully saturated rings. The maximum Gasteiger partial charge on any atom is 0.0540 e. The molecule has 0 radical (unpaired) electrons. The Morgan fingerprint density at radius 1 is 0.414 bits per heavy atom. The Bertz CT molecular complexity index is 3030. The van der Waals surface area contributed by atoms with Crippen molar-refractivity contribution in [3.8, 4) is 33.4 Å². The Balaban J connectivity index is 1.18.